The number of anilines is 1. The van der Waals surface area contributed by atoms with Crippen molar-refractivity contribution in [3.63, 3.8) is 0 Å². The smallest absolute Gasteiger partial charge is 0.410 e. The van der Waals surface area contributed by atoms with E-state index in [1.165, 1.54) is 19.4 Å². The number of aldehydes is 1. The van der Waals surface area contributed by atoms with Crippen molar-refractivity contribution in [3.05, 3.63) is 47.7 Å². The normalized spacial score (nSPS) is 18.6. The monoisotopic (exact) mass is 827 g/mol. The van der Waals surface area contributed by atoms with Gasteiger partial charge in [-0.3, -0.25) is 4.98 Å². The molecule has 59 heavy (non-hydrogen) atoms. The molecule has 0 unspecified atom stereocenters. The highest BCUT2D eigenvalue weighted by Crippen LogP contribution is 2.45. The minimum atomic E-state index is -2.31. The second-order valence-corrected chi connectivity index (χ2v) is 23.9. The van der Waals surface area contributed by atoms with E-state index in [9.17, 15) is 9.59 Å². The van der Waals surface area contributed by atoms with E-state index in [2.05, 4.69) is 58.0 Å². The number of carbonyl (C=O) groups excluding carboxylic acids is 2. The number of piperazine rings is 1. The number of hydrogen-bond donors (Lipinski definition) is 0. The highest BCUT2D eigenvalue weighted by Gasteiger charge is 2.48. The van der Waals surface area contributed by atoms with Gasteiger partial charge in [0.25, 0.3) is 0 Å². The number of rotatable bonds is 12. The van der Waals surface area contributed by atoms with Crippen LogP contribution >= 0.6 is 0 Å². The fraction of sp³-hybridized carbons (Fsp3) is 0.533. The Balaban J connectivity index is 1.40. The Kier molecular flexibility index (Phi) is 11.4. The molecular formula is C45H55F2N5O6Si. The number of fused-ring (bicyclic) bond motifs is 4. The number of halogens is 2. The lowest BCUT2D eigenvalue weighted by Crippen LogP contribution is -2.50. The summed E-state index contributed by atoms with van der Waals surface area (Å²) < 4.78 is 56.6. The van der Waals surface area contributed by atoms with E-state index in [0.717, 1.165) is 6.29 Å². The van der Waals surface area contributed by atoms with Crippen LogP contribution in [0.15, 0.2) is 30.5 Å². The van der Waals surface area contributed by atoms with Gasteiger partial charge in [0.2, 0.25) is 0 Å². The van der Waals surface area contributed by atoms with Crippen molar-refractivity contribution >= 4 is 47.9 Å². The van der Waals surface area contributed by atoms with Gasteiger partial charge >= 0.3 is 12.1 Å². The molecule has 2 bridgehead atoms. The SMILES string of the molecule is COCOc1cc(-c2ncc3c(N4C[C@@H]5C[C@H]4CN5C(=O)OC(C)(C)C)nc(OCC4(C=O)CC4)nc3c2F)c2c(C#C[Si](C(C)C)(C(C)C)C(C)C)c(F)ccc2c1. The van der Waals surface area contributed by atoms with Gasteiger partial charge in [-0.1, -0.05) is 53.5 Å². The zero-order valence-corrected chi connectivity index (χ0v) is 36.7. The molecule has 3 fully saturated rings. The molecule has 2 aromatic carbocycles. The molecule has 2 aromatic heterocycles. The van der Waals surface area contributed by atoms with E-state index in [4.69, 9.17) is 28.9 Å². The maximum Gasteiger partial charge on any atom is 0.410 e. The second kappa shape index (κ2) is 16.0. The Labute approximate surface area is 346 Å². The number of pyridine rings is 1. The molecule has 0 N–H and O–H groups in total. The summed E-state index contributed by atoms with van der Waals surface area (Å²) in [7, 11) is -0.808. The maximum atomic E-state index is 17.6. The zero-order valence-electron chi connectivity index (χ0n) is 35.7. The molecule has 0 radical (unpaired) electrons. The quantitative estimate of drug-likeness (QED) is 0.0593. The van der Waals surface area contributed by atoms with Crippen molar-refractivity contribution in [3.8, 4) is 34.5 Å². The lowest BCUT2D eigenvalue weighted by molar-refractivity contribution is -0.113. The Hall–Kier alpha value is -4.87. The highest BCUT2D eigenvalue weighted by atomic mass is 28.3. The first-order valence-electron chi connectivity index (χ1n) is 20.5. The van der Waals surface area contributed by atoms with Crippen molar-refractivity contribution in [2.24, 2.45) is 5.41 Å². The van der Waals surface area contributed by atoms with Gasteiger partial charge in [-0.2, -0.15) is 9.97 Å². The van der Waals surface area contributed by atoms with Crippen LogP contribution in [-0.4, -0.2) is 91.6 Å². The lowest BCUT2D eigenvalue weighted by Gasteiger charge is -2.38. The third-order valence-corrected chi connectivity index (χ3v) is 18.6. The van der Waals surface area contributed by atoms with Crippen LogP contribution in [0, 0.1) is 28.5 Å². The summed E-state index contributed by atoms with van der Waals surface area (Å²) in [6, 6.07) is 6.04. The molecule has 11 nitrogen and oxygen atoms in total. The maximum absolute atomic E-state index is 17.6. The zero-order chi connectivity index (χ0) is 42.6. The first-order valence-corrected chi connectivity index (χ1v) is 22.8. The molecule has 3 aliphatic rings. The Morgan fingerprint density at radius 3 is 2.32 bits per heavy atom. The number of ether oxygens (including phenoxy) is 4. The van der Waals surface area contributed by atoms with Gasteiger partial charge in [-0.25, -0.2) is 13.6 Å². The van der Waals surface area contributed by atoms with Gasteiger partial charge in [0, 0.05) is 37.3 Å². The lowest BCUT2D eigenvalue weighted by atomic mass is 9.95. The number of amides is 1. The topological polar surface area (TPSA) is 116 Å². The molecular weight excluding hydrogens is 773 g/mol. The van der Waals surface area contributed by atoms with Crippen LogP contribution in [0.5, 0.6) is 11.8 Å². The highest BCUT2D eigenvalue weighted by molar-refractivity contribution is 6.90. The number of aromatic nitrogens is 3. The van der Waals surface area contributed by atoms with Crippen molar-refractivity contribution in [2.75, 3.05) is 38.5 Å². The molecule has 1 amide bonds. The summed E-state index contributed by atoms with van der Waals surface area (Å²) in [6.45, 7) is 19.5. The molecule has 1 aliphatic carbocycles. The predicted octanol–water partition coefficient (Wildman–Crippen LogP) is 9.23. The van der Waals surface area contributed by atoms with Crippen molar-refractivity contribution < 1.29 is 37.3 Å². The standard InChI is InChI=1S/C45H55F2N5O6Si/c1-26(2)59(27(3)4,28(5)6)16-13-33-36(46)12-11-29-17-32(57-25-55-10)19-34(37(29)33)39-38(47)40-35(20-48-39)41(50-42(49-40)56-24-45(23-53)14-15-45)51-21-31-18-30(51)22-52(31)43(54)58-44(7,8)9/h11-12,17,19-20,23,26-28,30-31H,14-15,18,21-22,24-25H2,1-10H3/t30-,31-/m0/s1. The summed E-state index contributed by atoms with van der Waals surface area (Å²) in [6.07, 6.45) is 4.08. The summed E-state index contributed by atoms with van der Waals surface area (Å²) in [4.78, 5) is 42.9. The van der Waals surface area contributed by atoms with Crippen LogP contribution < -0.4 is 14.4 Å². The average molecular weight is 828 g/mol. The fourth-order valence-electron chi connectivity index (χ4n) is 9.16. The third kappa shape index (κ3) is 7.95. The van der Waals surface area contributed by atoms with E-state index >= 15 is 8.78 Å². The number of methoxy groups -OCH3 is 1. The van der Waals surface area contributed by atoms with Crippen LogP contribution in [0.3, 0.4) is 0 Å². The molecule has 2 atom stereocenters. The van der Waals surface area contributed by atoms with Gasteiger partial charge in [0.05, 0.1) is 28.4 Å². The van der Waals surface area contributed by atoms with Gasteiger partial charge < -0.3 is 33.5 Å². The Bertz CT molecular complexity index is 2330. The molecule has 4 aromatic rings. The van der Waals surface area contributed by atoms with Crippen LogP contribution in [0.1, 0.15) is 87.1 Å². The van der Waals surface area contributed by atoms with Crippen LogP contribution in [0.25, 0.3) is 32.9 Å². The van der Waals surface area contributed by atoms with E-state index < -0.39 is 30.7 Å². The number of carbonyl (C=O) groups is 2. The average Bonchev–Trinajstić information content (AvgIpc) is 3.67. The van der Waals surface area contributed by atoms with E-state index in [1.807, 2.05) is 25.7 Å². The number of benzene rings is 2. The Morgan fingerprint density at radius 2 is 1.73 bits per heavy atom. The van der Waals surface area contributed by atoms with E-state index in [-0.39, 0.29) is 59.9 Å². The van der Waals surface area contributed by atoms with Gasteiger partial charge in [-0.05, 0) is 80.2 Å². The van der Waals surface area contributed by atoms with Gasteiger partial charge in [0.15, 0.2) is 12.6 Å². The van der Waals surface area contributed by atoms with Crippen molar-refractivity contribution in [1.29, 1.82) is 0 Å². The first-order chi connectivity index (χ1) is 27.9. The summed E-state index contributed by atoms with van der Waals surface area (Å²) >= 11 is 0. The van der Waals surface area contributed by atoms with Crippen molar-refractivity contribution in [1.82, 2.24) is 19.9 Å². The first kappa shape index (κ1) is 42.3. The minimum absolute atomic E-state index is 0.0519. The second-order valence-electron chi connectivity index (χ2n) is 18.3. The third-order valence-electron chi connectivity index (χ3n) is 12.3. The number of nitrogens with zero attached hydrogens (tertiary/aromatic N) is 5. The molecule has 1 saturated carbocycles. The molecule has 4 heterocycles. The van der Waals surface area contributed by atoms with Gasteiger partial charge in [-0.15, -0.1) is 5.54 Å². The minimum Gasteiger partial charge on any atom is -0.468 e. The molecule has 2 saturated heterocycles. The van der Waals surface area contributed by atoms with Crippen LogP contribution in [0.4, 0.5) is 19.4 Å². The Morgan fingerprint density at radius 1 is 1.02 bits per heavy atom. The van der Waals surface area contributed by atoms with Gasteiger partial charge in [0.1, 0.15) is 55.2 Å². The molecule has 314 valence electrons. The molecule has 7 rings (SSSR count). The largest absolute Gasteiger partial charge is 0.468 e. The van der Waals surface area contributed by atoms with E-state index in [1.54, 1.807) is 23.1 Å². The van der Waals surface area contributed by atoms with E-state index in [0.29, 0.717) is 76.7 Å². The summed E-state index contributed by atoms with van der Waals surface area (Å²) in [5.74, 6) is 2.80. The predicted molar refractivity (Wildman–Crippen MR) is 226 cm³/mol. The molecule has 14 heteroatoms. The summed E-state index contributed by atoms with van der Waals surface area (Å²) in [5.41, 5.74) is 3.61. The fourth-order valence-corrected chi connectivity index (χ4v) is 14.4. The van der Waals surface area contributed by atoms with Crippen LogP contribution in [0.2, 0.25) is 16.6 Å². The number of hydrogen-bond acceptors (Lipinski definition) is 10. The number of likely N-dealkylation sites (tertiary alicyclic amines) is 1. The summed E-state index contributed by atoms with van der Waals surface area (Å²) in [5, 5.41) is 1.33. The molecule has 0 spiro atoms. The molecule has 2 aliphatic heterocycles. The van der Waals surface area contributed by atoms with Crippen molar-refractivity contribution in [2.45, 2.75) is 116 Å². The van der Waals surface area contributed by atoms with Crippen LogP contribution in [-0.2, 0) is 14.3 Å².